The van der Waals surface area contributed by atoms with E-state index in [0.717, 1.165) is 47.1 Å². The summed E-state index contributed by atoms with van der Waals surface area (Å²) in [5.74, 6) is 0.0466. The van der Waals surface area contributed by atoms with Gasteiger partial charge in [0.15, 0.2) is 0 Å². The van der Waals surface area contributed by atoms with Crippen LogP contribution in [0.3, 0.4) is 0 Å². The fourth-order valence-corrected chi connectivity index (χ4v) is 4.57. The number of anilines is 2. The second kappa shape index (κ2) is 9.00. The maximum Gasteiger partial charge on any atom is 0.321 e. The molecule has 30 heavy (non-hydrogen) atoms. The molecular weight excluding hydrogens is 444 g/mol. The number of amides is 3. The van der Waals surface area contributed by atoms with Crippen LogP contribution in [-0.4, -0.2) is 30.9 Å². The first-order valence-corrected chi connectivity index (χ1v) is 11.1. The van der Waals surface area contributed by atoms with Crippen molar-refractivity contribution in [2.45, 2.75) is 38.3 Å². The molecule has 1 atom stereocenters. The van der Waals surface area contributed by atoms with Crippen LogP contribution in [0.1, 0.15) is 37.7 Å². The number of hydrogen-bond donors (Lipinski definition) is 2. The van der Waals surface area contributed by atoms with Crippen molar-refractivity contribution in [2.24, 2.45) is 10.9 Å². The van der Waals surface area contributed by atoms with Crippen molar-refractivity contribution in [1.82, 2.24) is 5.32 Å². The SMILES string of the molecule is CN1C(=O)C(NC(=O)Nc2ccccc2Br)N=C(C2CCCCC2)c2ccccc21. The predicted octanol–water partition coefficient (Wildman–Crippen LogP) is 4.94. The van der Waals surface area contributed by atoms with Crippen molar-refractivity contribution in [1.29, 1.82) is 0 Å². The lowest BCUT2D eigenvalue weighted by Crippen LogP contribution is -2.47. The number of nitrogens with zero attached hydrogens (tertiary/aromatic N) is 2. The number of carbonyl (C=O) groups is 2. The van der Waals surface area contributed by atoms with E-state index in [0.29, 0.717) is 11.6 Å². The minimum Gasteiger partial charge on any atom is -0.311 e. The zero-order valence-corrected chi connectivity index (χ0v) is 18.5. The number of hydrogen-bond acceptors (Lipinski definition) is 3. The molecule has 6 nitrogen and oxygen atoms in total. The maximum absolute atomic E-state index is 13.2. The summed E-state index contributed by atoms with van der Waals surface area (Å²) in [4.78, 5) is 32.2. The van der Waals surface area contributed by atoms with Gasteiger partial charge in [-0.05, 0) is 47.0 Å². The normalized spacial score (nSPS) is 19.5. The first-order valence-electron chi connectivity index (χ1n) is 10.3. The number of likely N-dealkylation sites (N-methyl/N-ethyl adjacent to an activating group) is 1. The Bertz CT molecular complexity index is 985. The summed E-state index contributed by atoms with van der Waals surface area (Å²) in [7, 11) is 1.74. The summed E-state index contributed by atoms with van der Waals surface area (Å²) >= 11 is 3.42. The summed E-state index contributed by atoms with van der Waals surface area (Å²) in [5.41, 5.74) is 3.37. The molecule has 7 heteroatoms. The zero-order chi connectivity index (χ0) is 21.1. The second-order valence-electron chi connectivity index (χ2n) is 7.74. The third kappa shape index (κ3) is 4.26. The van der Waals surface area contributed by atoms with E-state index in [1.54, 1.807) is 18.0 Å². The molecule has 4 rings (SSSR count). The summed E-state index contributed by atoms with van der Waals surface area (Å²) in [6.45, 7) is 0. The first-order chi connectivity index (χ1) is 14.5. The van der Waals surface area contributed by atoms with Crippen molar-refractivity contribution in [2.75, 3.05) is 17.3 Å². The van der Waals surface area contributed by atoms with E-state index in [9.17, 15) is 9.59 Å². The van der Waals surface area contributed by atoms with Crippen molar-refractivity contribution in [3.05, 3.63) is 58.6 Å². The number of benzodiazepines with no additional fused rings is 1. The number of fused-ring (bicyclic) bond motifs is 1. The van der Waals surface area contributed by atoms with E-state index in [2.05, 4.69) is 26.6 Å². The Kier molecular flexibility index (Phi) is 6.18. The van der Waals surface area contributed by atoms with Crippen LogP contribution in [0.15, 0.2) is 58.0 Å². The molecule has 0 bridgehead atoms. The van der Waals surface area contributed by atoms with Gasteiger partial charge >= 0.3 is 6.03 Å². The van der Waals surface area contributed by atoms with Gasteiger partial charge in [0.25, 0.3) is 5.91 Å². The Labute approximate surface area is 184 Å². The third-order valence-corrected chi connectivity index (χ3v) is 6.45. The molecule has 1 heterocycles. The van der Waals surface area contributed by atoms with Crippen LogP contribution >= 0.6 is 15.9 Å². The van der Waals surface area contributed by atoms with E-state index in [1.165, 1.54) is 6.42 Å². The topological polar surface area (TPSA) is 73.8 Å². The smallest absolute Gasteiger partial charge is 0.311 e. The molecule has 2 aromatic carbocycles. The zero-order valence-electron chi connectivity index (χ0n) is 16.9. The second-order valence-corrected chi connectivity index (χ2v) is 8.60. The number of urea groups is 1. The number of rotatable bonds is 3. The van der Waals surface area contributed by atoms with Gasteiger partial charge < -0.3 is 15.5 Å². The van der Waals surface area contributed by atoms with Gasteiger partial charge in [-0.2, -0.15) is 0 Å². The third-order valence-electron chi connectivity index (χ3n) is 5.76. The molecule has 0 aromatic heterocycles. The van der Waals surface area contributed by atoms with E-state index < -0.39 is 12.2 Å². The fourth-order valence-electron chi connectivity index (χ4n) is 4.19. The summed E-state index contributed by atoms with van der Waals surface area (Å²) in [6.07, 6.45) is 4.70. The van der Waals surface area contributed by atoms with E-state index in [1.807, 2.05) is 42.5 Å². The Balaban J connectivity index is 1.64. The summed E-state index contributed by atoms with van der Waals surface area (Å²) in [6, 6.07) is 14.7. The Morgan fingerprint density at radius 2 is 1.77 bits per heavy atom. The standard InChI is InChI=1S/C23H25BrN4O2/c1-28-19-14-8-5-11-16(19)20(15-9-3-2-4-10-15)26-21(22(28)29)27-23(30)25-18-13-7-6-12-17(18)24/h5-8,11-15,21H,2-4,9-10H2,1H3,(H2,25,27,30). The van der Waals surface area contributed by atoms with Crippen molar-refractivity contribution in [3.63, 3.8) is 0 Å². The van der Waals surface area contributed by atoms with Crippen molar-refractivity contribution >= 4 is 45.0 Å². The van der Waals surface area contributed by atoms with Crippen LogP contribution in [0.5, 0.6) is 0 Å². The average molecular weight is 469 g/mol. The molecule has 1 aliphatic heterocycles. The molecule has 2 aromatic rings. The van der Waals surface area contributed by atoms with Gasteiger partial charge in [0, 0.05) is 23.0 Å². The van der Waals surface area contributed by atoms with Gasteiger partial charge in [0.1, 0.15) is 0 Å². The number of carbonyl (C=O) groups excluding carboxylic acids is 2. The Morgan fingerprint density at radius 3 is 2.53 bits per heavy atom. The van der Waals surface area contributed by atoms with Crippen LogP contribution in [0.25, 0.3) is 0 Å². The van der Waals surface area contributed by atoms with Gasteiger partial charge in [-0.1, -0.05) is 49.6 Å². The Hall–Kier alpha value is -2.67. The minimum atomic E-state index is -0.971. The predicted molar refractivity (Wildman–Crippen MR) is 123 cm³/mol. The van der Waals surface area contributed by atoms with Gasteiger partial charge in [0.2, 0.25) is 6.17 Å². The first kappa shape index (κ1) is 20.6. The molecule has 0 spiro atoms. The highest BCUT2D eigenvalue weighted by atomic mass is 79.9. The molecule has 156 valence electrons. The highest BCUT2D eigenvalue weighted by molar-refractivity contribution is 9.10. The number of para-hydroxylation sites is 2. The minimum absolute atomic E-state index is 0.254. The van der Waals surface area contributed by atoms with E-state index in [4.69, 9.17) is 4.99 Å². The van der Waals surface area contributed by atoms with Gasteiger partial charge in [0.05, 0.1) is 17.1 Å². The van der Waals surface area contributed by atoms with Crippen LogP contribution in [0.4, 0.5) is 16.2 Å². The molecule has 2 N–H and O–H groups in total. The van der Waals surface area contributed by atoms with E-state index in [-0.39, 0.29) is 5.91 Å². The molecule has 1 saturated carbocycles. The molecule has 2 aliphatic rings. The number of nitrogens with one attached hydrogen (secondary N) is 2. The summed E-state index contributed by atoms with van der Waals surface area (Å²) in [5, 5.41) is 5.56. The molecule has 0 radical (unpaired) electrons. The summed E-state index contributed by atoms with van der Waals surface area (Å²) < 4.78 is 0.767. The lowest BCUT2D eigenvalue weighted by Gasteiger charge is -2.25. The van der Waals surface area contributed by atoms with Gasteiger partial charge in [-0.3, -0.25) is 9.79 Å². The lowest BCUT2D eigenvalue weighted by molar-refractivity contribution is -0.119. The molecular formula is C23H25BrN4O2. The fraction of sp³-hybridized carbons (Fsp3) is 0.348. The number of benzene rings is 2. The molecule has 3 amide bonds. The van der Waals surface area contributed by atoms with Gasteiger partial charge in [-0.25, -0.2) is 4.79 Å². The molecule has 1 aliphatic carbocycles. The van der Waals surface area contributed by atoms with Crippen LogP contribution in [0.2, 0.25) is 0 Å². The monoisotopic (exact) mass is 468 g/mol. The largest absolute Gasteiger partial charge is 0.321 e. The molecule has 1 unspecified atom stereocenters. The number of halogens is 1. The quantitative estimate of drug-likeness (QED) is 0.668. The van der Waals surface area contributed by atoms with Crippen LogP contribution < -0.4 is 15.5 Å². The lowest BCUT2D eigenvalue weighted by atomic mass is 9.83. The van der Waals surface area contributed by atoms with E-state index >= 15 is 0 Å². The molecule has 1 fully saturated rings. The maximum atomic E-state index is 13.2. The highest BCUT2D eigenvalue weighted by Crippen LogP contribution is 2.33. The highest BCUT2D eigenvalue weighted by Gasteiger charge is 2.33. The average Bonchev–Trinajstić information content (AvgIpc) is 2.87. The van der Waals surface area contributed by atoms with Crippen LogP contribution in [0, 0.1) is 5.92 Å². The Morgan fingerprint density at radius 1 is 1.07 bits per heavy atom. The van der Waals surface area contributed by atoms with Gasteiger partial charge in [-0.15, -0.1) is 0 Å². The van der Waals surface area contributed by atoms with Crippen molar-refractivity contribution < 1.29 is 9.59 Å². The number of aliphatic imine (C=N–C) groups is 1. The van der Waals surface area contributed by atoms with Crippen LogP contribution in [-0.2, 0) is 4.79 Å². The molecule has 0 saturated heterocycles. The van der Waals surface area contributed by atoms with Crippen molar-refractivity contribution in [3.8, 4) is 0 Å².